The Hall–Kier alpha value is -0.305. The predicted molar refractivity (Wildman–Crippen MR) is 39.5 cm³/mol. The van der Waals surface area contributed by atoms with Crippen LogP contribution < -0.4 is 5.46 Å². The molecule has 0 unspecified atom stereocenters. The number of benzene rings is 1. The Labute approximate surface area is 62.6 Å². The van der Waals surface area contributed by atoms with Crippen LogP contribution in [0.3, 0.4) is 0 Å². The minimum atomic E-state index is -0.318. The first-order valence-corrected chi connectivity index (χ1v) is 3.19. The highest BCUT2D eigenvalue weighted by molar-refractivity contribution is 9.10. The molecule has 0 saturated heterocycles. The first-order chi connectivity index (χ1) is 4.18. The van der Waals surface area contributed by atoms with E-state index in [0.29, 0.717) is 9.94 Å². The second kappa shape index (κ2) is 2.52. The van der Waals surface area contributed by atoms with Gasteiger partial charge in [0, 0.05) is 4.47 Å². The van der Waals surface area contributed by atoms with Gasteiger partial charge in [-0.25, -0.2) is 4.39 Å². The molecule has 0 spiro atoms. The molecule has 0 amide bonds. The summed E-state index contributed by atoms with van der Waals surface area (Å²) in [6.07, 6.45) is 0. The molecule has 0 nitrogen and oxygen atoms in total. The molecular weight excluding hydrogens is 182 g/mol. The normalized spacial score (nSPS) is 9.56. The van der Waals surface area contributed by atoms with Gasteiger partial charge in [0.2, 0.25) is 0 Å². The first kappa shape index (κ1) is 6.81. The fraction of sp³-hybridized carbons (Fsp3) is 0. The maximum absolute atomic E-state index is 12.3. The third-order valence-corrected chi connectivity index (χ3v) is 1.34. The fourth-order valence-corrected chi connectivity index (χ4v) is 1.06. The number of rotatable bonds is 0. The van der Waals surface area contributed by atoms with Crippen LogP contribution in [0, 0.1) is 5.82 Å². The zero-order chi connectivity index (χ0) is 6.85. The Kier molecular flexibility index (Phi) is 1.91. The highest BCUT2D eigenvalue weighted by Crippen LogP contribution is 2.07. The van der Waals surface area contributed by atoms with Crippen molar-refractivity contribution in [3.8, 4) is 0 Å². The van der Waals surface area contributed by atoms with Gasteiger partial charge in [0.1, 0.15) is 13.7 Å². The van der Waals surface area contributed by atoms with Crippen LogP contribution in [0.1, 0.15) is 0 Å². The van der Waals surface area contributed by atoms with E-state index < -0.39 is 0 Å². The molecule has 0 saturated carbocycles. The maximum atomic E-state index is 12.3. The van der Waals surface area contributed by atoms with Crippen LogP contribution in [0.4, 0.5) is 4.39 Å². The molecule has 1 aromatic rings. The van der Waals surface area contributed by atoms with Crippen molar-refractivity contribution >= 4 is 29.2 Å². The summed E-state index contributed by atoms with van der Waals surface area (Å²) in [4.78, 5) is 0. The van der Waals surface area contributed by atoms with Gasteiger partial charge in [-0.3, -0.25) is 0 Å². The Bertz CT molecular complexity index is 174. The summed E-state index contributed by atoms with van der Waals surface area (Å²) in [6.45, 7) is 0. The van der Waals surface area contributed by atoms with E-state index in [1.54, 1.807) is 6.07 Å². The van der Waals surface area contributed by atoms with Gasteiger partial charge in [0.25, 0.3) is 0 Å². The molecule has 0 fully saturated rings. The summed E-state index contributed by atoms with van der Waals surface area (Å²) in [5.74, 6) is -0.318. The smallest absolute Gasteiger partial charge is 0.123 e. The van der Waals surface area contributed by atoms with Gasteiger partial charge in [0.15, 0.2) is 0 Å². The third kappa shape index (κ3) is 1.82. The summed E-state index contributed by atoms with van der Waals surface area (Å²) in [7, 11) is 5.29. The summed E-state index contributed by atoms with van der Waals surface area (Å²) >= 11 is 3.09. The van der Waals surface area contributed by atoms with Crippen molar-refractivity contribution in [1.29, 1.82) is 0 Å². The van der Waals surface area contributed by atoms with Crippen LogP contribution in [0.15, 0.2) is 22.7 Å². The molecule has 1 aromatic carbocycles. The molecule has 1 rings (SSSR count). The SMILES string of the molecule is [B]c1cc(F)cc(Br)c1. The zero-order valence-corrected chi connectivity index (χ0v) is 6.15. The van der Waals surface area contributed by atoms with Gasteiger partial charge in [0.05, 0.1) is 0 Å². The summed E-state index contributed by atoms with van der Waals surface area (Å²) in [5, 5.41) is 0. The molecule has 0 aliphatic rings. The summed E-state index contributed by atoms with van der Waals surface area (Å²) in [6, 6.07) is 4.27. The van der Waals surface area contributed by atoms with Gasteiger partial charge in [-0.1, -0.05) is 27.5 Å². The highest BCUT2D eigenvalue weighted by Gasteiger charge is 1.91. The van der Waals surface area contributed by atoms with E-state index in [4.69, 9.17) is 7.85 Å². The fourth-order valence-electron chi connectivity index (χ4n) is 0.575. The zero-order valence-electron chi connectivity index (χ0n) is 4.57. The van der Waals surface area contributed by atoms with Gasteiger partial charge in [-0.15, -0.1) is 0 Å². The van der Waals surface area contributed by atoms with E-state index in [0.717, 1.165) is 0 Å². The van der Waals surface area contributed by atoms with Crippen LogP contribution in [0.25, 0.3) is 0 Å². The van der Waals surface area contributed by atoms with Crippen molar-refractivity contribution in [3.63, 3.8) is 0 Å². The van der Waals surface area contributed by atoms with Gasteiger partial charge in [-0.2, -0.15) is 0 Å². The third-order valence-electron chi connectivity index (χ3n) is 0.885. The summed E-state index contributed by atoms with van der Waals surface area (Å²) < 4.78 is 13.0. The average Bonchev–Trinajstić information content (AvgIpc) is 1.59. The molecule has 2 radical (unpaired) electrons. The lowest BCUT2D eigenvalue weighted by atomic mass is 9.97. The molecule has 0 N–H and O–H groups in total. The Balaban J connectivity index is 3.17. The van der Waals surface area contributed by atoms with E-state index in [1.807, 2.05) is 0 Å². The molecular formula is C6H3BBrF. The maximum Gasteiger partial charge on any atom is 0.123 e. The monoisotopic (exact) mass is 184 g/mol. The topological polar surface area (TPSA) is 0 Å². The van der Waals surface area contributed by atoms with E-state index in [9.17, 15) is 4.39 Å². The van der Waals surface area contributed by atoms with Crippen LogP contribution in [0.5, 0.6) is 0 Å². The van der Waals surface area contributed by atoms with Gasteiger partial charge < -0.3 is 0 Å². The second-order valence-corrected chi connectivity index (χ2v) is 2.62. The predicted octanol–water partition coefficient (Wildman–Crippen LogP) is 1.38. The minimum Gasteiger partial charge on any atom is -0.207 e. The molecule has 0 atom stereocenters. The minimum absolute atomic E-state index is 0.318. The lowest BCUT2D eigenvalue weighted by Gasteiger charge is -1.93. The molecule has 44 valence electrons. The molecule has 3 heteroatoms. The van der Waals surface area contributed by atoms with Crippen molar-refractivity contribution in [2.45, 2.75) is 0 Å². The first-order valence-electron chi connectivity index (χ1n) is 2.40. The van der Waals surface area contributed by atoms with Crippen molar-refractivity contribution in [2.24, 2.45) is 0 Å². The lowest BCUT2D eigenvalue weighted by molar-refractivity contribution is 0.628. The van der Waals surface area contributed by atoms with E-state index >= 15 is 0 Å². The van der Waals surface area contributed by atoms with Crippen molar-refractivity contribution in [1.82, 2.24) is 0 Å². The Morgan fingerprint density at radius 3 is 2.44 bits per heavy atom. The Morgan fingerprint density at radius 1 is 1.33 bits per heavy atom. The number of hydrogen-bond acceptors (Lipinski definition) is 0. The second-order valence-electron chi connectivity index (χ2n) is 1.70. The van der Waals surface area contributed by atoms with Crippen LogP contribution in [-0.4, -0.2) is 7.85 Å². The number of halogens is 2. The molecule has 0 bridgehead atoms. The van der Waals surface area contributed by atoms with Crippen LogP contribution in [-0.2, 0) is 0 Å². The molecule has 0 heterocycles. The molecule has 0 aromatic heterocycles. The average molecular weight is 185 g/mol. The van der Waals surface area contributed by atoms with Gasteiger partial charge in [-0.05, 0) is 12.1 Å². The molecule has 0 aliphatic heterocycles. The standard InChI is InChI=1S/C6H3BBrF/c7-4-1-5(8)3-6(9)2-4/h1-3H. The largest absolute Gasteiger partial charge is 0.207 e. The van der Waals surface area contributed by atoms with Crippen molar-refractivity contribution in [3.05, 3.63) is 28.5 Å². The van der Waals surface area contributed by atoms with Crippen molar-refractivity contribution in [2.75, 3.05) is 0 Å². The van der Waals surface area contributed by atoms with Crippen LogP contribution in [0.2, 0.25) is 0 Å². The lowest BCUT2D eigenvalue weighted by Crippen LogP contribution is -2.01. The quantitative estimate of drug-likeness (QED) is 0.535. The van der Waals surface area contributed by atoms with Crippen molar-refractivity contribution < 1.29 is 4.39 Å². The van der Waals surface area contributed by atoms with E-state index in [1.165, 1.54) is 12.1 Å². The molecule has 9 heavy (non-hydrogen) atoms. The molecule has 0 aliphatic carbocycles. The van der Waals surface area contributed by atoms with E-state index in [2.05, 4.69) is 15.9 Å². The van der Waals surface area contributed by atoms with Crippen LogP contribution >= 0.6 is 15.9 Å². The summed E-state index contributed by atoms with van der Waals surface area (Å²) in [5.41, 5.74) is 0.432. The number of hydrogen-bond donors (Lipinski definition) is 0. The Morgan fingerprint density at radius 2 is 2.00 bits per heavy atom. The highest BCUT2D eigenvalue weighted by atomic mass is 79.9. The van der Waals surface area contributed by atoms with Gasteiger partial charge >= 0.3 is 0 Å². The van der Waals surface area contributed by atoms with E-state index in [-0.39, 0.29) is 5.82 Å².